The summed E-state index contributed by atoms with van der Waals surface area (Å²) in [6.07, 6.45) is 0.854. The molecule has 0 amide bonds. The molecular weight excluding hydrogens is 462 g/mol. The fourth-order valence-electron chi connectivity index (χ4n) is 4.54. The van der Waals surface area contributed by atoms with Crippen LogP contribution in [0.15, 0.2) is 114 Å². The molecule has 1 heterocycles. The molecule has 1 aromatic heterocycles. The largest absolute Gasteiger partial charge is 0.356 e. The van der Waals surface area contributed by atoms with Crippen molar-refractivity contribution in [3.05, 3.63) is 137 Å². The van der Waals surface area contributed by atoms with Crippen molar-refractivity contribution in [1.29, 1.82) is 0 Å². The van der Waals surface area contributed by atoms with Crippen molar-refractivity contribution >= 4 is 11.6 Å². The highest BCUT2D eigenvalue weighted by Gasteiger charge is 2.21. The van der Waals surface area contributed by atoms with Crippen molar-refractivity contribution in [3.8, 4) is 22.5 Å². The van der Waals surface area contributed by atoms with E-state index in [9.17, 15) is 0 Å². The maximum absolute atomic E-state index is 6.07. The molecule has 4 aromatic carbocycles. The van der Waals surface area contributed by atoms with E-state index >= 15 is 0 Å². The maximum atomic E-state index is 6.07. The summed E-state index contributed by atoms with van der Waals surface area (Å²) in [5.74, 6) is 0.864. The minimum Gasteiger partial charge on any atom is -0.356 e. The molecule has 5 aromatic rings. The number of aromatic nitrogens is 1. The monoisotopic (exact) mass is 491 g/mol. The molecular formula is C33H30ClNO. The standard InChI is InChI=1S/C33H30ClNO/c1-33(2,3)28-16-12-25(13-17-28)30(20-23-8-5-4-6-9-23)31-22-32(36-35-31)27-11-7-10-26(21-27)24-14-18-29(34)19-15-24/h4-19,21-22,30H,20H2,1-3H3/t30-/m1/s1. The van der Waals surface area contributed by atoms with E-state index in [1.54, 1.807) is 0 Å². The lowest BCUT2D eigenvalue weighted by Crippen LogP contribution is -2.12. The number of rotatable bonds is 6. The lowest BCUT2D eigenvalue weighted by Gasteiger charge is -2.21. The summed E-state index contributed by atoms with van der Waals surface area (Å²) in [5, 5.41) is 5.29. The number of halogens is 1. The molecule has 180 valence electrons. The second-order valence-electron chi connectivity index (χ2n) is 10.3. The highest BCUT2D eigenvalue weighted by Crippen LogP contribution is 2.34. The summed E-state index contributed by atoms with van der Waals surface area (Å²) >= 11 is 6.07. The van der Waals surface area contributed by atoms with Gasteiger partial charge in [0.05, 0.1) is 5.69 Å². The first-order valence-electron chi connectivity index (χ1n) is 12.3. The Balaban J connectivity index is 1.49. The molecule has 0 N–H and O–H groups in total. The fourth-order valence-corrected chi connectivity index (χ4v) is 4.67. The topological polar surface area (TPSA) is 26.0 Å². The molecule has 0 saturated carbocycles. The van der Waals surface area contributed by atoms with Crippen LogP contribution in [0.5, 0.6) is 0 Å². The van der Waals surface area contributed by atoms with Crippen LogP contribution in [-0.2, 0) is 11.8 Å². The molecule has 0 bridgehead atoms. The molecule has 36 heavy (non-hydrogen) atoms. The average molecular weight is 492 g/mol. The van der Waals surface area contributed by atoms with Crippen LogP contribution in [-0.4, -0.2) is 5.16 Å². The Morgan fingerprint density at radius 2 is 1.42 bits per heavy atom. The van der Waals surface area contributed by atoms with E-state index < -0.39 is 0 Å². The smallest absolute Gasteiger partial charge is 0.167 e. The third kappa shape index (κ3) is 5.45. The van der Waals surface area contributed by atoms with Gasteiger partial charge < -0.3 is 4.52 Å². The number of hydrogen-bond acceptors (Lipinski definition) is 2. The molecule has 3 heteroatoms. The lowest BCUT2D eigenvalue weighted by molar-refractivity contribution is 0.419. The number of hydrogen-bond donors (Lipinski definition) is 0. The van der Waals surface area contributed by atoms with Gasteiger partial charge >= 0.3 is 0 Å². The van der Waals surface area contributed by atoms with Crippen molar-refractivity contribution in [2.75, 3.05) is 0 Å². The van der Waals surface area contributed by atoms with Gasteiger partial charge in [-0.2, -0.15) is 0 Å². The zero-order valence-electron chi connectivity index (χ0n) is 20.9. The van der Waals surface area contributed by atoms with Gasteiger partial charge in [0.2, 0.25) is 0 Å². The first-order valence-corrected chi connectivity index (χ1v) is 12.7. The van der Waals surface area contributed by atoms with Gasteiger partial charge in [-0.05, 0) is 57.9 Å². The molecule has 0 unspecified atom stereocenters. The third-order valence-electron chi connectivity index (χ3n) is 6.67. The Bertz CT molecular complexity index is 1430. The van der Waals surface area contributed by atoms with Gasteiger partial charge in [0, 0.05) is 22.6 Å². The SMILES string of the molecule is CC(C)(C)c1ccc([C@@H](Cc2ccccc2)c2cc(-c3cccc(-c4ccc(Cl)cc4)c3)on2)cc1. The van der Waals surface area contributed by atoms with Crippen LogP contribution < -0.4 is 0 Å². The van der Waals surface area contributed by atoms with E-state index in [4.69, 9.17) is 16.1 Å². The zero-order chi connectivity index (χ0) is 25.1. The van der Waals surface area contributed by atoms with Gasteiger partial charge in [0.15, 0.2) is 5.76 Å². The molecule has 0 aliphatic heterocycles. The van der Waals surface area contributed by atoms with Crippen molar-refractivity contribution in [3.63, 3.8) is 0 Å². The fraction of sp³-hybridized carbons (Fsp3) is 0.182. The van der Waals surface area contributed by atoms with Crippen molar-refractivity contribution in [2.24, 2.45) is 0 Å². The van der Waals surface area contributed by atoms with E-state index in [2.05, 4.69) is 105 Å². The maximum Gasteiger partial charge on any atom is 0.167 e. The van der Waals surface area contributed by atoms with Crippen molar-refractivity contribution in [2.45, 2.75) is 38.5 Å². The molecule has 1 atom stereocenters. The van der Waals surface area contributed by atoms with Crippen LogP contribution in [0.1, 0.15) is 49.1 Å². The van der Waals surface area contributed by atoms with Gasteiger partial charge in [0.1, 0.15) is 0 Å². The molecule has 5 rings (SSSR count). The Kier molecular flexibility index (Phi) is 6.80. The number of nitrogens with zero attached hydrogens (tertiary/aromatic N) is 1. The predicted molar refractivity (Wildman–Crippen MR) is 150 cm³/mol. The quantitative estimate of drug-likeness (QED) is 0.236. The Labute approximate surface area is 218 Å². The first-order chi connectivity index (χ1) is 17.4. The Morgan fingerprint density at radius 1 is 0.722 bits per heavy atom. The molecule has 0 spiro atoms. The minimum absolute atomic E-state index is 0.0957. The first kappa shape index (κ1) is 24.1. The predicted octanol–water partition coefficient (Wildman–Crippen LogP) is 9.33. The van der Waals surface area contributed by atoms with Crippen LogP contribution in [0, 0.1) is 0 Å². The Hall–Kier alpha value is -3.62. The van der Waals surface area contributed by atoms with E-state index in [0.717, 1.165) is 39.6 Å². The van der Waals surface area contributed by atoms with Gasteiger partial charge in [-0.15, -0.1) is 0 Å². The van der Waals surface area contributed by atoms with E-state index in [1.165, 1.54) is 16.7 Å². The second-order valence-corrected chi connectivity index (χ2v) is 10.8. The van der Waals surface area contributed by atoms with Crippen LogP contribution in [0.4, 0.5) is 0 Å². The molecule has 0 radical (unpaired) electrons. The van der Waals surface area contributed by atoms with Crippen molar-refractivity contribution < 1.29 is 4.52 Å². The van der Waals surface area contributed by atoms with Crippen LogP contribution in [0.2, 0.25) is 5.02 Å². The summed E-state index contributed by atoms with van der Waals surface area (Å²) in [7, 11) is 0. The second kappa shape index (κ2) is 10.2. The molecule has 0 fully saturated rings. The van der Waals surface area contributed by atoms with E-state index in [-0.39, 0.29) is 11.3 Å². The van der Waals surface area contributed by atoms with Gasteiger partial charge in [-0.1, -0.05) is 122 Å². The summed E-state index contributed by atoms with van der Waals surface area (Å²) in [5.41, 5.74) is 8.12. The van der Waals surface area contributed by atoms with E-state index in [1.807, 2.05) is 30.3 Å². The van der Waals surface area contributed by atoms with Crippen LogP contribution in [0.3, 0.4) is 0 Å². The van der Waals surface area contributed by atoms with Crippen LogP contribution in [0.25, 0.3) is 22.5 Å². The van der Waals surface area contributed by atoms with Crippen LogP contribution >= 0.6 is 11.6 Å². The molecule has 0 aliphatic carbocycles. The molecule has 0 aliphatic rings. The average Bonchev–Trinajstić information content (AvgIpc) is 3.38. The summed E-state index contributed by atoms with van der Waals surface area (Å²) in [6.45, 7) is 6.72. The van der Waals surface area contributed by atoms with Gasteiger partial charge in [0.25, 0.3) is 0 Å². The summed E-state index contributed by atoms with van der Waals surface area (Å²) in [6, 6.07) is 37.9. The number of benzene rings is 4. The summed E-state index contributed by atoms with van der Waals surface area (Å²) in [4.78, 5) is 0. The van der Waals surface area contributed by atoms with Gasteiger partial charge in [-0.25, -0.2) is 0 Å². The van der Waals surface area contributed by atoms with Gasteiger partial charge in [-0.3, -0.25) is 0 Å². The third-order valence-corrected chi connectivity index (χ3v) is 6.92. The highest BCUT2D eigenvalue weighted by atomic mass is 35.5. The minimum atomic E-state index is 0.0957. The summed E-state index contributed by atoms with van der Waals surface area (Å²) < 4.78 is 5.91. The molecule has 2 nitrogen and oxygen atoms in total. The highest BCUT2D eigenvalue weighted by molar-refractivity contribution is 6.30. The van der Waals surface area contributed by atoms with Crippen molar-refractivity contribution in [1.82, 2.24) is 5.16 Å². The van der Waals surface area contributed by atoms with E-state index in [0.29, 0.717) is 0 Å². The molecule has 0 saturated heterocycles. The zero-order valence-corrected chi connectivity index (χ0v) is 21.7. The lowest BCUT2D eigenvalue weighted by atomic mass is 9.83. The Morgan fingerprint density at radius 3 is 2.11 bits per heavy atom. The normalized spacial score (nSPS) is 12.4.